The Kier molecular flexibility index (Phi) is 6.35. The smallest absolute Gasteiger partial charge is 0.254 e. The number of benzene rings is 2. The van der Waals surface area contributed by atoms with Crippen molar-refractivity contribution in [3.8, 4) is 17.2 Å². The minimum atomic E-state index is -0.139. The number of hydrogen-bond acceptors (Lipinski definition) is 5. The predicted octanol–water partition coefficient (Wildman–Crippen LogP) is 4.87. The Morgan fingerprint density at radius 1 is 1.10 bits per heavy atom. The number of nitrogens with zero attached hydrogens (tertiary/aromatic N) is 3. The maximum atomic E-state index is 12.7. The van der Waals surface area contributed by atoms with E-state index in [0.29, 0.717) is 29.7 Å². The Bertz CT molecular complexity index is 999. The number of ether oxygens (including phenoxy) is 1. The van der Waals surface area contributed by atoms with Crippen molar-refractivity contribution in [3.05, 3.63) is 78.2 Å². The summed E-state index contributed by atoms with van der Waals surface area (Å²) < 4.78 is 11.2. The zero-order chi connectivity index (χ0) is 21.7. The van der Waals surface area contributed by atoms with Crippen molar-refractivity contribution >= 4 is 5.91 Å². The van der Waals surface area contributed by atoms with Crippen LogP contribution in [0.15, 0.2) is 65.6 Å². The molecule has 30 heavy (non-hydrogen) atoms. The first kappa shape index (κ1) is 21.3. The van der Waals surface area contributed by atoms with E-state index in [-0.39, 0.29) is 17.9 Å². The van der Waals surface area contributed by atoms with Gasteiger partial charge >= 0.3 is 0 Å². The SMILES string of the molecule is C=CCOc1ccc(C(=O)N(C)Cc2nnc(-c3ccc(C(C)(C)C)cc3)o2)cc1. The molecular formula is C24H27N3O3. The van der Waals surface area contributed by atoms with E-state index in [0.717, 1.165) is 5.56 Å². The molecule has 3 rings (SSSR count). The molecule has 1 aromatic heterocycles. The highest BCUT2D eigenvalue weighted by Crippen LogP contribution is 2.25. The van der Waals surface area contributed by atoms with Gasteiger partial charge in [0.15, 0.2) is 0 Å². The lowest BCUT2D eigenvalue weighted by atomic mass is 9.87. The number of amides is 1. The quantitative estimate of drug-likeness (QED) is 0.525. The van der Waals surface area contributed by atoms with Crippen LogP contribution in [0.25, 0.3) is 11.5 Å². The molecule has 156 valence electrons. The van der Waals surface area contributed by atoms with Crippen LogP contribution in [0.3, 0.4) is 0 Å². The Labute approximate surface area is 177 Å². The summed E-state index contributed by atoms with van der Waals surface area (Å²) in [7, 11) is 1.70. The molecule has 0 atom stereocenters. The van der Waals surface area contributed by atoms with Crippen LogP contribution in [0.5, 0.6) is 5.75 Å². The average Bonchev–Trinajstić information content (AvgIpc) is 3.20. The van der Waals surface area contributed by atoms with E-state index >= 15 is 0 Å². The van der Waals surface area contributed by atoms with E-state index in [1.54, 1.807) is 42.3 Å². The highest BCUT2D eigenvalue weighted by molar-refractivity contribution is 5.94. The van der Waals surface area contributed by atoms with Crippen LogP contribution in [0.1, 0.15) is 42.6 Å². The number of carbonyl (C=O) groups excluding carboxylic acids is 1. The molecule has 1 amide bonds. The molecule has 0 N–H and O–H groups in total. The van der Waals surface area contributed by atoms with Gasteiger partial charge in [0.05, 0.1) is 6.54 Å². The summed E-state index contributed by atoms with van der Waals surface area (Å²) in [6.45, 7) is 10.8. The summed E-state index contributed by atoms with van der Waals surface area (Å²) in [6, 6.07) is 15.1. The van der Waals surface area contributed by atoms with Crippen LogP contribution < -0.4 is 4.74 Å². The molecule has 0 aliphatic carbocycles. The highest BCUT2D eigenvalue weighted by atomic mass is 16.5. The Morgan fingerprint density at radius 3 is 2.37 bits per heavy atom. The van der Waals surface area contributed by atoms with Crippen molar-refractivity contribution in [3.63, 3.8) is 0 Å². The number of rotatable bonds is 7. The molecule has 0 aliphatic rings. The maximum Gasteiger partial charge on any atom is 0.254 e. The van der Waals surface area contributed by atoms with E-state index in [4.69, 9.17) is 9.15 Å². The van der Waals surface area contributed by atoms with Gasteiger partial charge in [-0.25, -0.2) is 0 Å². The summed E-state index contributed by atoms with van der Waals surface area (Å²) in [5, 5.41) is 8.21. The van der Waals surface area contributed by atoms with Crippen LogP contribution in [-0.2, 0) is 12.0 Å². The standard InChI is InChI=1S/C24H27N3O3/c1-6-15-29-20-13-9-18(10-14-20)23(28)27(5)16-21-25-26-22(30-21)17-7-11-19(12-8-17)24(2,3)4/h6-14H,1,15-16H2,2-5H3. The van der Waals surface area contributed by atoms with Crippen LogP contribution in [0, 0.1) is 0 Å². The van der Waals surface area contributed by atoms with E-state index in [9.17, 15) is 4.79 Å². The lowest BCUT2D eigenvalue weighted by molar-refractivity contribution is 0.0773. The van der Waals surface area contributed by atoms with Crippen LogP contribution >= 0.6 is 0 Å². The zero-order valence-electron chi connectivity index (χ0n) is 17.9. The van der Waals surface area contributed by atoms with E-state index in [1.807, 2.05) is 12.1 Å². The molecular weight excluding hydrogens is 378 g/mol. The van der Waals surface area contributed by atoms with Gasteiger partial charge in [0.1, 0.15) is 12.4 Å². The Morgan fingerprint density at radius 2 is 1.77 bits per heavy atom. The topological polar surface area (TPSA) is 68.5 Å². The van der Waals surface area contributed by atoms with E-state index in [2.05, 4.69) is 49.7 Å². The molecule has 0 unspecified atom stereocenters. The summed E-state index contributed by atoms with van der Waals surface area (Å²) in [5.74, 6) is 1.37. The third-order valence-electron chi connectivity index (χ3n) is 4.65. The molecule has 3 aromatic rings. The van der Waals surface area contributed by atoms with E-state index < -0.39 is 0 Å². The normalized spacial score (nSPS) is 11.2. The highest BCUT2D eigenvalue weighted by Gasteiger charge is 2.17. The third kappa shape index (κ3) is 5.14. The predicted molar refractivity (Wildman–Crippen MR) is 116 cm³/mol. The number of carbonyl (C=O) groups is 1. The van der Waals surface area contributed by atoms with Crippen molar-refractivity contribution in [1.29, 1.82) is 0 Å². The molecule has 0 saturated heterocycles. The van der Waals surface area contributed by atoms with Gasteiger partial charge in [-0.2, -0.15) is 0 Å². The lowest BCUT2D eigenvalue weighted by Gasteiger charge is -2.18. The van der Waals surface area contributed by atoms with Gasteiger partial charge in [0.2, 0.25) is 11.8 Å². The Hall–Kier alpha value is -3.41. The van der Waals surface area contributed by atoms with Crippen molar-refractivity contribution in [2.45, 2.75) is 32.7 Å². The second-order valence-electron chi connectivity index (χ2n) is 8.11. The first-order valence-corrected chi connectivity index (χ1v) is 9.80. The van der Waals surface area contributed by atoms with Crippen molar-refractivity contribution in [2.24, 2.45) is 0 Å². The summed E-state index contributed by atoms with van der Waals surface area (Å²) >= 11 is 0. The summed E-state index contributed by atoms with van der Waals surface area (Å²) in [4.78, 5) is 14.2. The van der Waals surface area contributed by atoms with Gasteiger partial charge in [0, 0.05) is 18.2 Å². The third-order valence-corrected chi connectivity index (χ3v) is 4.65. The average molecular weight is 405 g/mol. The van der Waals surface area contributed by atoms with Gasteiger partial charge in [-0.3, -0.25) is 4.79 Å². The summed E-state index contributed by atoms with van der Waals surface area (Å²) in [5.41, 5.74) is 2.72. The van der Waals surface area contributed by atoms with Gasteiger partial charge in [-0.1, -0.05) is 45.6 Å². The molecule has 0 aliphatic heterocycles. The maximum absolute atomic E-state index is 12.7. The van der Waals surface area contributed by atoms with Crippen molar-refractivity contribution < 1.29 is 13.9 Å². The minimum Gasteiger partial charge on any atom is -0.490 e. The molecule has 0 spiro atoms. The van der Waals surface area contributed by atoms with Crippen LogP contribution in [-0.4, -0.2) is 34.7 Å². The van der Waals surface area contributed by atoms with Crippen LogP contribution in [0.4, 0.5) is 0 Å². The van der Waals surface area contributed by atoms with Gasteiger partial charge in [-0.05, 0) is 47.4 Å². The fraction of sp³-hybridized carbons (Fsp3) is 0.292. The number of hydrogen-bond donors (Lipinski definition) is 0. The molecule has 6 nitrogen and oxygen atoms in total. The lowest BCUT2D eigenvalue weighted by Crippen LogP contribution is -2.26. The van der Waals surface area contributed by atoms with E-state index in [1.165, 1.54) is 5.56 Å². The van der Waals surface area contributed by atoms with Crippen LogP contribution in [0.2, 0.25) is 0 Å². The second-order valence-corrected chi connectivity index (χ2v) is 8.11. The van der Waals surface area contributed by atoms with Crippen molar-refractivity contribution in [1.82, 2.24) is 15.1 Å². The first-order valence-electron chi connectivity index (χ1n) is 9.80. The fourth-order valence-electron chi connectivity index (χ4n) is 2.89. The molecule has 0 fully saturated rings. The Balaban J connectivity index is 1.65. The van der Waals surface area contributed by atoms with Gasteiger partial charge < -0.3 is 14.1 Å². The molecule has 1 heterocycles. The molecule has 0 saturated carbocycles. The monoisotopic (exact) mass is 405 g/mol. The minimum absolute atomic E-state index is 0.0809. The first-order chi connectivity index (χ1) is 14.3. The van der Waals surface area contributed by atoms with Gasteiger partial charge in [0.25, 0.3) is 5.91 Å². The summed E-state index contributed by atoms with van der Waals surface area (Å²) in [6.07, 6.45) is 1.67. The number of aromatic nitrogens is 2. The fourth-order valence-corrected chi connectivity index (χ4v) is 2.89. The zero-order valence-corrected chi connectivity index (χ0v) is 17.9. The van der Waals surface area contributed by atoms with Gasteiger partial charge in [-0.15, -0.1) is 10.2 Å². The second kappa shape index (κ2) is 8.95. The largest absolute Gasteiger partial charge is 0.490 e. The molecule has 2 aromatic carbocycles. The van der Waals surface area contributed by atoms with Crippen molar-refractivity contribution in [2.75, 3.05) is 13.7 Å². The molecule has 6 heteroatoms. The molecule has 0 bridgehead atoms. The molecule has 0 radical (unpaired) electrons.